The average molecular weight is 234 g/mol. The lowest BCUT2D eigenvalue weighted by Gasteiger charge is -2.43. The van der Waals surface area contributed by atoms with Crippen LogP contribution >= 0.6 is 0 Å². The van der Waals surface area contributed by atoms with Gasteiger partial charge in [0.1, 0.15) is 0 Å². The van der Waals surface area contributed by atoms with Crippen molar-refractivity contribution < 1.29 is 9.84 Å². The average Bonchev–Trinajstić information content (AvgIpc) is 2.34. The summed E-state index contributed by atoms with van der Waals surface area (Å²) in [5.41, 5.74) is 1.23. The van der Waals surface area contributed by atoms with Crippen molar-refractivity contribution in [2.75, 3.05) is 13.2 Å². The van der Waals surface area contributed by atoms with Gasteiger partial charge in [0.2, 0.25) is 0 Å². The van der Waals surface area contributed by atoms with Crippen molar-refractivity contribution >= 4 is 0 Å². The number of ether oxygens (including phenoxy) is 1. The van der Waals surface area contributed by atoms with Gasteiger partial charge >= 0.3 is 0 Å². The van der Waals surface area contributed by atoms with Crippen molar-refractivity contribution in [2.45, 2.75) is 26.4 Å². The van der Waals surface area contributed by atoms with Gasteiger partial charge in [-0.1, -0.05) is 43.7 Å². The Hall–Kier alpha value is -0.860. The highest BCUT2D eigenvalue weighted by Gasteiger charge is 2.38. The summed E-state index contributed by atoms with van der Waals surface area (Å²) in [6, 6.07) is 10.3. The van der Waals surface area contributed by atoms with Crippen LogP contribution in [0.25, 0.3) is 0 Å². The molecule has 0 radical (unpaired) electrons. The molecule has 17 heavy (non-hydrogen) atoms. The topological polar surface area (TPSA) is 29.5 Å². The zero-order valence-corrected chi connectivity index (χ0v) is 10.5. The summed E-state index contributed by atoms with van der Waals surface area (Å²) in [5.74, 6) is 1.84. The lowest BCUT2D eigenvalue weighted by Crippen LogP contribution is -2.40. The Morgan fingerprint density at radius 3 is 2.65 bits per heavy atom. The van der Waals surface area contributed by atoms with E-state index in [9.17, 15) is 0 Å². The smallest absolute Gasteiger partial charge is 0.0717 e. The molecule has 2 rings (SSSR count). The van der Waals surface area contributed by atoms with E-state index in [4.69, 9.17) is 9.84 Å². The number of rotatable bonds is 6. The summed E-state index contributed by atoms with van der Waals surface area (Å²) in [4.78, 5) is 0. The van der Waals surface area contributed by atoms with Crippen LogP contribution in [0.15, 0.2) is 30.3 Å². The lowest BCUT2D eigenvalue weighted by molar-refractivity contribution is -0.0393. The van der Waals surface area contributed by atoms with Crippen LogP contribution in [0.5, 0.6) is 0 Å². The maximum atomic E-state index is 9.17. The molecule has 2 nitrogen and oxygen atoms in total. The fourth-order valence-corrected chi connectivity index (χ4v) is 2.90. The van der Waals surface area contributed by atoms with E-state index in [1.165, 1.54) is 5.56 Å². The van der Waals surface area contributed by atoms with Crippen molar-refractivity contribution in [2.24, 2.45) is 17.8 Å². The van der Waals surface area contributed by atoms with E-state index in [1.54, 1.807) is 0 Å². The molecule has 1 fully saturated rings. The van der Waals surface area contributed by atoms with E-state index in [1.807, 2.05) is 18.2 Å². The highest BCUT2D eigenvalue weighted by molar-refractivity contribution is 5.13. The predicted octanol–water partition coefficient (Wildman–Crippen LogP) is 2.86. The molecule has 3 atom stereocenters. The first-order valence-electron chi connectivity index (χ1n) is 6.57. The standard InChI is InChI=1S/C15H22O2/c1-2-15-13(9-16)8-14(15)11-17-10-12-6-4-3-5-7-12/h3-7,13-16H,2,8-11H2,1H3. The quantitative estimate of drug-likeness (QED) is 0.820. The summed E-state index contributed by atoms with van der Waals surface area (Å²) in [6.07, 6.45) is 2.29. The molecule has 94 valence electrons. The molecule has 2 heteroatoms. The van der Waals surface area contributed by atoms with Crippen LogP contribution in [0.2, 0.25) is 0 Å². The summed E-state index contributed by atoms with van der Waals surface area (Å²) in [6.45, 7) is 4.09. The van der Waals surface area contributed by atoms with Crippen LogP contribution in [0.3, 0.4) is 0 Å². The van der Waals surface area contributed by atoms with Gasteiger partial charge in [-0.05, 0) is 29.7 Å². The maximum absolute atomic E-state index is 9.17. The molecule has 1 aromatic rings. The monoisotopic (exact) mass is 234 g/mol. The second kappa shape index (κ2) is 6.18. The van der Waals surface area contributed by atoms with Gasteiger partial charge < -0.3 is 9.84 Å². The summed E-state index contributed by atoms with van der Waals surface area (Å²) in [7, 11) is 0. The van der Waals surface area contributed by atoms with Gasteiger partial charge in [-0.2, -0.15) is 0 Å². The fourth-order valence-electron chi connectivity index (χ4n) is 2.90. The van der Waals surface area contributed by atoms with Crippen LogP contribution in [0.1, 0.15) is 25.3 Å². The second-order valence-corrected chi connectivity index (χ2v) is 5.01. The fraction of sp³-hybridized carbons (Fsp3) is 0.600. The first kappa shape index (κ1) is 12.6. The van der Waals surface area contributed by atoms with Gasteiger partial charge in [0.05, 0.1) is 13.2 Å². The zero-order chi connectivity index (χ0) is 12.1. The Labute approximate surface area is 104 Å². The molecular formula is C15H22O2. The maximum Gasteiger partial charge on any atom is 0.0717 e. The minimum absolute atomic E-state index is 0.341. The minimum Gasteiger partial charge on any atom is -0.396 e. The van der Waals surface area contributed by atoms with E-state index in [0.29, 0.717) is 31.0 Å². The summed E-state index contributed by atoms with van der Waals surface area (Å²) in [5, 5.41) is 9.17. The molecule has 1 N–H and O–H groups in total. The zero-order valence-electron chi connectivity index (χ0n) is 10.5. The molecule has 0 heterocycles. The number of benzene rings is 1. The van der Waals surface area contributed by atoms with Crippen molar-refractivity contribution in [3.05, 3.63) is 35.9 Å². The normalized spacial score (nSPS) is 27.8. The molecule has 0 bridgehead atoms. The van der Waals surface area contributed by atoms with Crippen molar-refractivity contribution in [3.63, 3.8) is 0 Å². The SMILES string of the molecule is CCC1C(CO)CC1COCc1ccccc1. The van der Waals surface area contributed by atoms with Crippen LogP contribution < -0.4 is 0 Å². The Bertz CT molecular complexity index is 323. The predicted molar refractivity (Wildman–Crippen MR) is 68.6 cm³/mol. The van der Waals surface area contributed by atoms with Gasteiger partial charge in [-0.15, -0.1) is 0 Å². The van der Waals surface area contributed by atoms with Gasteiger partial charge in [0.25, 0.3) is 0 Å². The molecular weight excluding hydrogens is 212 g/mol. The summed E-state index contributed by atoms with van der Waals surface area (Å²) < 4.78 is 5.77. The Balaban J connectivity index is 1.70. The molecule has 0 spiro atoms. The molecule has 0 amide bonds. The Kier molecular flexibility index (Phi) is 4.57. The third-order valence-corrected chi connectivity index (χ3v) is 3.97. The molecule has 1 saturated carbocycles. The Morgan fingerprint density at radius 2 is 2.00 bits per heavy atom. The lowest BCUT2D eigenvalue weighted by atomic mass is 9.64. The number of aliphatic hydroxyl groups excluding tert-OH is 1. The molecule has 1 aromatic carbocycles. The van der Waals surface area contributed by atoms with Gasteiger partial charge in [-0.25, -0.2) is 0 Å². The van der Waals surface area contributed by atoms with E-state index in [-0.39, 0.29) is 0 Å². The molecule has 0 aliphatic heterocycles. The highest BCUT2D eigenvalue weighted by Crippen LogP contribution is 2.42. The third kappa shape index (κ3) is 3.08. The van der Waals surface area contributed by atoms with Crippen molar-refractivity contribution in [3.8, 4) is 0 Å². The Morgan fingerprint density at radius 1 is 1.24 bits per heavy atom. The van der Waals surface area contributed by atoms with E-state index in [0.717, 1.165) is 19.4 Å². The van der Waals surface area contributed by atoms with E-state index >= 15 is 0 Å². The summed E-state index contributed by atoms with van der Waals surface area (Å²) >= 11 is 0. The number of aliphatic hydroxyl groups is 1. The molecule has 0 saturated heterocycles. The van der Waals surface area contributed by atoms with Crippen molar-refractivity contribution in [1.82, 2.24) is 0 Å². The van der Waals surface area contributed by atoms with Gasteiger partial charge in [-0.3, -0.25) is 0 Å². The minimum atomic E-state index is 0.341. The van der Waals surface area contributed by atoms with Crippen LogP contribution in [0, 0.1) is 17.8 Å². The third-order valence-electron chi connectivity index (χ3n) is 3.97. The van der Waals surface area contributed by atoms with Crippen LogP contribution in [-0.2, 0) is 11.3 Å². The van der Waals surface area contributed by atoms with E-state index in [2.05, 4.69) is 19.1 Å². The molecule has 0 aromatic heterocycles. The van der Waals surface area contributed by atoms with Crippen LogP contribution in [-0.4, -0.2) is 18.3 Å². The highest BCUT2D eigenvalue weighted by atomic mass is 16.5. The number of hydrogen-bond donors (Lipinski definition) is 1. The van der Waals surface area contributed by atoms with E-state index < -0.39 is 0 Å². The van der Waals surface area contributed by atoms with Gasteiger partial charge in [0.15, 0.2) is 0 Å². The van der Waals surface area contributed by atoms with Crippen molar-refractivity contribution in [1.29, 1.82) is 0 Å². The molecule has 1 aliphatic rings. The first-order valence-corrected chi connectivity index (χ1v) is 6.57. The molecule has 3 unspecified atom stereocenters. The second-order valence-electron chi connectivity index (χ2n) is 5.01. The largest absolute Gasteiger partial charge is 0.396 e. The van der Waals surface area contributed by atoms with Gasteiger partial charge in [0, 0.05) is 6.61 Å². The molecule has 1 aliphatic carbocycles. The number of hydrogen-bond acceptors (Lipinski definition) is 2. The first-order chi connectivity index (χ1) is 8.35. The van der Waals surface area contributed by atoms with Crippen LogP contribution in [0.4, 0.5) is 0 Å².